The van der Waals surface area contributed by atoms with Crippen molar-refractivity contribution < 1.29 is 0 Å². The molecule has 5 heteroatoms. The molecule has 104 valence electrons. The Kier molecular flexibility index (Phi) is 4.86. The third-order valence-electron chi connectivity index (χ3n) is 2.75. The summed E-state index contributed by atoms with van der Waals surface area (Å²) in [6, 6.07) is 11.3. The van der Waals surface area contributed by atoms with Gasteiger partial charge in [0.1, 0.15) is 0 Å². The van der Waals surface area contributed by atoms with Crippen LogP contribution in [-0.4, -0.2) is 5.11 Å². The molecule has 2 aromatic rings. The minimum Gasteiger partial charge on any atom is -0.332 e. The van der Waals surface area contributed by atoms with Gasteiger partial charge in [-0.3, -0.25) is 0 Å². The van der Waals surface area contributed by atoms with Crippen LogP contribution < -0.4 is 10.6 Å². The Labute approximate surface area is 134 Å². The van der Waals surface area contributed by atoms with Crippen LogP contribution in [0.25, 0.3) is 0 Å². The Morgan fingerprint density at radius 2 is 1.60 bits per heavy atom. The Morgan fingerprint density at radius 1 is 0.950 bits per heavy atom. The van der Waals surface area contributed by atoms with E-state index >= 15 is 0 Å². The van der Waals surface area contributed by atoms with Crippen LogP contribution in [-0.2, 0) is 0 Å². The van der Waals surface area contributed by atoms with Gasteiger partial charge >= 0.3 is 0 Å². The number of nitrogens with one attached hydrogen (secondary N) is 2. The molecule has 20 heavy (non-hydrogen) atoms. The van der Waals surface area contributed by atoms with E-state index in [1.54, 1.807) is 18.2 Å². The second kappa shape index (κ2) is 6.44. The van der Waals surface area contributed by atoms with Crippen LogP contribution in [0.1, 0.15) is 11.1 Å². The van der Waals surface area contributed by atoms with Gasteiger partial charge in [0, 0.05) is 21.4 Å². The predicted octanol–water partition coefficient (Wildman–Crippen LogP) is 5.42. The first-order valence-corrected chi connectivity index (χ1v) is 7.22. The van der Waals surface area contributed by atoms with E-state index in [1.807, 2.05) is 19.1 Å². The maximum absolute atomic E-state index is 5.95. The quantitative estimate of drug-likeness (QED) is 0.721. The van der Waals surface area contributed by atoms with Crippen LogP contribution in [0, 0.1) is 13.8 Å². The molecular formula is C15H14Cl2N2S. The lowest BCUT2D eigenvalue weighted by Gasteiger charge is -2.13. The van der Waals surface area contributed by atoms with Gasteiger partial charge in [0.25, 0.3) is 0 Å². The van der Waals surface area contributed by atoms with Crippen LogP contribution in [0.2, 0.25) is 10.0 Å². The third kappa shape index (κ3) is 4.10. The van der Waals surface area contributed by atoms with Crippen molar-refractivity contribution in [3.63, 3.8) is 0 Å². The normalized spacial score (nSPS) is 10.2. The molecule has 0 aromatic heterocycles. The van der Waals surface area contributed by atoms with E-state index in [9.17, 15) is 0 Å². The summed E-state index contributed by atoms with van der Waals surface area (Å²) in [5, 5.41) is 7.85. The average Bonchev–Trinajstić information content (AvgIpc) is 2.31. The summed E-state index contributed by atoms with van der Waals surface area (Å²) in [6.45, 7) is 4.09. The van der Waals surface area contributed by atoms with E-state index in [-0.39, 0.29) is 0 Å². The summed E-state index contributed by atoms with van der Waals surface area (Å²) in [5.74, 6) is 0. The van der Waals surface area contributed by atoms with Crippen LogP contribution >= 0.6 is 35.4 Å². The molecule has 2 N–H and O–H groups in total. The molecule has 0 atom stereocenters. The van der Waals surface area contributed by atoms with Gasteiger partial charge in [-0.1, -0.05) is 40.9 Å². The molecule has 2 aromatic carbocycles. The van der Waals surface area contributed by atoms with Crippen molar-refractivity contribution in [2.45, 2.75) is 13.8 Å². The summed E-state index contributed by atoms with van der Waals surface area (Å²) in [5.41, 5.74) is 4.08. The summed E-state index contributed by atoms with van der Waals surface area (Å²) >= 11 is 17.2. The van der Waals surface area contributed by atoms with Gasteiger partial charge in [-0.05, 0) is 55.9 Å². The average molecular weight is 325 g/mol. The first-order valence-electron chi connectivity index (χ1n) is 6.05. The van der Waals surface area contributed by atoms with Crippen LogP contribution in [0.5, 0.6) is 0 Å². The highest BCUT2D eigenvalue weighted by Crippen LogP contribution is 2.23. The Bertz CT molecular complexity index is 636. The molecule has 0 bridgehead atoms. The van der Waals surface area contributed by atoms with Gasteiger partial charge < -0.3 is 10.6 Å². The van der Waals surface area contributed by atoms with Crippen molar-refractivity contribution in [3.8, 4) is 0 Å². The fraction of sp³-hybridized carbons (Fsp3) is 0.133. The molecule has 0 aliphatic rings. The van der Waals surface area contributed by atoms with E-state index in [1.165, 1.54) is 5.56 Å². The van der Waals surface area contributed by atoms with Crippen molar-refractivity contribution in [2.24, 2.45) is 0 Å². The molecule has 2 rings (SSSR count). The van der Waals surface area contributed by atoms with Crippen molar-refractivity contribution in [2.75, 3.05) is 10.6 Å². The Balaban J connectivity index is 2.09. The molecule has 0 amide bonds. The minimum atomic E-state index is 0.496. The minimum absolute atomic E-state index is 0.496. The Hall–Kier alpha value is -1.29. The number of aryl methyl sites for hydroxylation is 2. The molecule has 2 nitrogen and oxygen atoms in total. The number of hydrogen-bond donors (Lipinski definition) is 2. The topological polar surface area (TPSA) is 24.1 Å². The van der Waals surface area contributed by atoms with Gasteiger partial charge in [-0.2, -0.15) is 0 Å². The summed E-state index contributed by atoms with van der Waals surface area (Å²) in [4.78, 5) is 0. The smallest absolute Gasteiger partial charge is 0.175 e. The van der Waals surface area contributed by atoms with Crippen LogP contribution in [0.4, 0.5) is 11.4 Å². The lowest BCUT2D eigenvalue weighted by atomic mass is 10.1. The second-order valence-electron chi connectivity index (χ2n) is 4.56. The standard InChI is InChI=1S/C15H14Cl2N2S/c1-9-3-4-14(10(2)5-9)19-15(20)18-13-7-11(16)6-12(17)8-13/h3-8H,1-2H3,(H2,18,19,20). The molecule has 0 unspecified atom stereocenters. The van der Waals surface area contributed by atoms with E-state index in [4.69, 9.17) is 35.4 Å². The number of hydrogen-bond acceptors (Lipinski definition) is 1. The fourth-order valence-electron chi connectivity index (χ4n) is 1.86. The van der Waals surface area contributed by atoms with Crippen LogP contribution in [0.3, 0.4) is 0 Å². The monoisotopic (exact) mass is 324 g/mol. The largest absolute Gasteiger partial charge is 0.332 e. The van der Waals surface area contributed by atoms with Gasteiger partial charge in [0.2, 0.25) is 0 Å². The van der Waals surface area contributed by atoms with E-state index in [0.29, 0.717) is 15.2 Å². The molecular weight excluding hydrogens is 311 g/mol. The zero-order valence-corrected chi connectivity index (χ0v) is 13.5. The molecule has 0 saturated carbocycles. The predicted molar refractivity (Wildman–Crippen MR) is 92.2 cm³/mol. The third-order valence-corrected chi connectivity index (χ3v) is 3.39. The number of benzene rings is 2. The maximum Gasteiger partial charge on any atom is 0.175 e. The molecule has 0 fully saturated rings. The number of halogens is 2. The van der Waals surface area contributed by atoms with Gasteiger partial charge in [0.15, 0.2) is 5.11 Å². The fourth-order valence-corrected chi connectivity index (χ4v) is 2.62. The first kappa shape index (κ1) is 15.1. The van der Waals surface area contributed by atoms with Crippen LogP contribution in [0.15, 0.2) is 36.4 Å². The molecule has 0 spiro atoms. The zero-order chi connectivity index (χ0) is 14.7. The van der Waals surface area contributed by atoms with Crippen molar-refractivity contribution in [1.29, 1.82) is 0 Å². The highest BCUT2D eigenvalue weighted by atomic mass is 35.5. The van der Waals surface area contributed by atoms with Crippen molar-refractivity contribution in [1.82, 2.24) is 0 Å². The number of thiocarbonyl (C=S) groups is 1. The van der Waals surface area contributed by atoms with E-state index in [2.05, 4.69) is 23.6 Å². The van der Waals surface area contributed by atoms with Crippen molar-refractivity contribution >= 4 is 51.9 Å². The van der Waals surface area contributed by atoms with Gasteiger partial charge in [-0.25, -0.2) is 0 Å². The zero-order valence-electron chi connectivity index (χ0n) is 11.1. The molecule has 0 heterocycles. The van der Waals surface area contributed by atoms with Gasteiger partial charge in [-0.15, -0.1) is 0 Å². The number of anilines is 2. The molecule has 0 radical (unpaired) electrons. The molecule has 0 aliphatic heterocycles. The second-order valence-corrected chi connectivity index (χ2v) is 5.84. The highest BCUT2D eigenvalue weighted by Gasteiger charge is 2.03. The lowest BCUT2D eigenvalue weighted by Crippen LogP contribution is -2.19. The first-order chi connectivity index (χ1) is 9.44. The highest BCUT2D eigenvalue weighted by molar-refractivity contribution is 7.80. The maximum atomic E-state index is 5.95. The Morgan fingerprint density at radius 3 is 2.20 bits per heavy atom. The molecule has 0 saturated heterocycles. The molecule has 0 aliphatic carbocycles. The van der Waals surface area contributed by atoms with E-state index in [0.717, 1.165) is 16.9 Å². The van der Waals surface area contributed by atoms with Crippen molar-refractivity contribution in [3.05, 3.63) is 57.6 Å². The van der Waals surface area contributed by atoms with Gasteiger partial charge in [0.05, 0.1) is 0 Å². The van der Waals surface area contributed by atoms with E-state index < -0.39 is 0 Å². The summed E-state index contributed by atoms with van der Waals surface area (Å²) < 4.78 is 0. The summed E-state index contributed by atoms with van der Waals surface area (Å²) in [7, 11) is 0. The number of rotatable bonds is 2. The summed E-state index contributed by atoms with van der Waals surface area (Å²) in [6.07, 6.45) is 0. The lowest BCUT2D eigenvalue weighted by molar-refractivity contribution is 1.38. The SMILES string of the molecule is Cc1ccc(NC(=S)Nc2cc(Cl)cc(Cl)c2)c(C)c1.